The second-order valence-corrected chi connectivity index (χ2v) is 3.40. The molecule has 0 atom stereocenters. The number of hydrogen-bond acceptors (Lipinski definition) is 1. The van der Waals surface area contributed by atoms with Crippen molar-refractivity contribution >= 4 is 21.0 Å². The molecule has 56 valence electrons. The Labute approximate surface area is 65.8 Å². The molecule has 1 heterocycles. The van der Waals surface area contributed by atoms with E-state index in [0.717, 1.165) is 12.3 Å². The molecule has 5 heteroatoms. The first-order chi connectivity index (χ1) is 4.61. The fourth-order valence-electron chi connectivity index (χ4n) is 0.420. The molecule has 10 heavy (non-hydrogen) atoms. The van der Waals surface area contributed by atoms with Crippen LogP contribution < -0.4 is 0 Å². The SMILES string of the molecule is FC(F)(F)C1=CN=IC=C1. The Hall–Kier alpha value is -0.200. The first kappa shape index (κ1) is 7.90. The number of allylic oxidation sites excluding steroid dienone is 2. The van der Waals surface area contributed by atoms with Crippen molar-refractivity contribution in [2.24, 2.45) is 3.15 Å². The van der Waals surface area contributed by atoms with Crippen LogP contribution in [0.5, 0.6) is 0 Å². The van der Waals surface area contributed by atoms with Crippen LogP contribution in [0.25, 0.3) is 0 Å². The quantitative estimate of drug-likeness (QED) is 0.594. The number of hydrogen-bond donors (Lipinski definition) is 0. The number of halogens is 4. The average molecular weight is 261 g/mol. The molecule has 0 unspecified atom stereocenters. The first-order valence-corrected chi connectivity index (χ1v) is 4.58. The smallest absolute Gasteiger partial charge is 0.230 e. The average Bonchev–Trinajstić information content (AvgIpc) is 1.88. The summed E-state index contributed by atoms with van der Waals surface area (Å²) in [6.07, 6.45) is -2.25. The van der Waals surface area contributed by atoms with Crippen LogP contribution in [0.2, 0.25) is 0 Å². The van der Waals surface area contributed by atoms with Crippen LogP contribution in [0.4, 0.5) is 13.2 Å². The Morgan fingerprint density at radius 2 is 2.10 bits per heavy atom. The number of alkyl halides is 3. The lowest BCUT2D eigenvalue weighted by Gasteiger charge is -2.06. The molecule has 1 rings (SSSR count). The molecule has 0 fully saturated rings. The van der Waals surface area contributed by atoms with E-state index in [4.69, 9.17) is 0 Å². The zero-order valence-corrected chi connectivity index (χ0v) is 6.85. The summed E-state index contributed by atoms with van der Waals surface area (Å²) in [6, 6.07) is 0. The van der Waals surface area contributed by atoms with Gasteiger partial charge >= 0.3 is 6.18 Å². The number of rotatable bonds is 0. The fourth-order valence-corrected chi connectivity index (χ4v) is 1.61. The Morgan fingerprint density at radius 3 is 2.40 bits per heavy atom. The minimum Gasteiger partial charge on any atom is -0.230 e. The lowest BCUT2D eigenvalue weighted by molar-refractivity contribution is -0.0883. The van der Waals surface area contributed by atoms with Crippen molar-refractivity contribution in [1.82, 2.24) is 0 Å². The van der Waals surface area contributed by atoms with Crippen LogP contribution in [0.3, 0.4) is 0 Å². The summed E-state index contributed by atoms with van der Waals surface area (Å²) in [7, 11) is 0. The maximum absolute atomic E-state index is 11.8. The molecule has 0 saturated heterocycles. The van der Waals surface area contributed by atoms with Crippen molar-refractivity contribution in [2.75, 3.05) is 0 Å². The highest BCUT2D eigenvalue weighted by Crippen LogP contribution is 2.29. The van der Waals surface area contributed by atoms with Crippen molar-refractivity contribution in [3.05, 3.63) is 21.9 Å². The monoisotopic (exact) mass is 261 g/mol. The molecule has 1 aliphatic heterocycles. The molecule has 0 bridgehead atoms. The zero-order chi connectivity index (χ0) is 7.61. The van der Waals surface area contributed by atoms with Gasteiger partial charge in [0.1, 0.15) is 0 Å². The molecular weight excluding hydrogens is 258 g/mol. The van der Waals surface area contributed by atoms with Gasteiger partial charge in [0, 0.05) is 27.2 Å². The molecule has 0 radical (unpaired) electrons. The van der Waals surface area contributed by atoms with E-state index in [9.17, 15) is 13.2 Å². The maximum atomic E-state index is 11.8. The molecule has 0 aromatic rings. The predicted octanol–water partition coefficient (Wildman–Crippen LogP) is 3.11. The Morgan fingerprint density at radius 1 is 1.40 bits per heavy atom. The summed E-state index contributed by atoms with van der Waals surface area (Å²) in [4.78, 5) is 0. The van der Waals surface area contributed by atoms with Gasteiger partial charge in [0.15, 0.2) is 0 Å². The minimum absolute atomic E-state index is 0.493. The zero-order valence-electron chi connectivity index (χ0n) is 4.69. The summed E-state index contributed by atoms with van der Waals surface area (Å²) in [6.45, 7) is 0. The van der Waals surface area contributed by atoms with Crippen LogP contribution in [0.1, 0.15) is 0 Å². The summed E-state index contributed by atoms with van der Waals surface area (Å²) in [5.74, 6) is 0. The van der Waals surface area contributed by atoms with Crippen LogP contribution >= 0.6 is 21.0 Å². The van der Waals surface area contributed by atoms with Gasteiger partial charge < -0.3 is 0 Å². The third-order valence-corrected chi connectivity index (χ3v) is 2.15. The molecule has 0 spiro atoms. The normalized spacial score (nSPS) is 18.1. The van der Waals surface area contributed by atoms with Gasteiger partial charge in [-0.05, 0) is 10.2 Å². The predicted molar refractivity (Wildman–Crippen MR) is 39.7 cm³/mol. The van der Waals surface area contributed by atoms with Crippen molar-refractivity contribution in [1.29, 1.82) is 0 Å². The Balaban J connectivity index is 2.85. The van der Waals surface area contributed by atoms with Gasteiger partial charge in [0.25, 0.3) is 0 Å². The minimum atomic E-state index is -4.23. The highest BCUT2D eigenvalue weighted by molar-refractivity contribution is 14.2. The molecule has 0 amide bonds. The Kier molecular flexibility index (Phi) is 2.22. The lowest BCUT2D eigenvalue weighted by Crippen LogP contribution is -2.09. The van der Waals surface area contributed by atoms with Gasteiger partial charge in [-0.15, -0.1) is 0 Å². The number of nitrogens with zero attached hydrogens (tertiary/aromatic N) is 1. The van der Waals surface area contributed by atoms with E-state index in [1.54, 1.807) is 0 Å². The fraction of sp³-hybridized carbons (Fsp3) is 0.200. The van der Waals surface area contributed by atoms with E-state index >= 15 is 0 Å². The lowest BCUT2D eigenvalue weighted by atomic mass is 10.3. The van der Waals surface area contributed by atoms with Gasteiger partial charge in [0.2, 0.25) is 0 Å². The van der Waals surface area contributed by atoms with Crippen LogP contribution in [-0.4, -0.2) is 6.18 Å². The summed E-state index contributed by atoms with van der Waals surface area (Å²) < 4.78 is 40.4. The molecule has 0 saturated carbocycles. The molecule has 1 aliphatic rings. The van der Waals surface area contributed by atoms with E-state index < -0.39 is 32.8 Å². The third kappa shape index (κ3) is 1.89. The van der Waals surface area contributed by atoms with Crippen molar-refractivity contribution in [3.63, 3.8) is 0 Å². The second kappa shape index (κ2) is 2.81. The largest absolute Gasteiger partial charge is 0.417 e. The summed E-state index contributed by atoms with van der Waals surface area (Å²) in [5, 5.41) is 0. The van der Waals surface area contributed by atoms with Crippen molar-refractivity contribution < 1.29 is 13.2 Å². The summed E-state index contributed by atoms with van der Waals surface area (Å²) >= 11 is -0.493. The van der Waals surface area contributed by atoms with E-state index in [0.29, 0.717) is 0 Å². The van der Waals surface area contributed by atoms with Gasteiger partial charge in [-0.1, -0.05) is 0 Å². The topological polar surface area (TPSA) is 12.4 Å². The van der Waals surface area contributed by atoms with Crippen molar-refractivity contribution in [2.45, 2.75) is 6.18 Å². The second-order valence-electron chi connectivity index (χ2n) is 1.57. The van der Waals surface area contributed by atoms with E-state index in [1.807, 2.05) is 0 Å². The molecule has 1 nitrogen and oxygen atoms in total. The highest BCUT2D eigenvalue weighted by Gasteiger charge is 2.32. The first-order valence-electron chi connectivity index (χ1n) is 2.37. The van der Waals surface area contributed by atoms with Crippen molar-refractivity contribution in [3.8, 4) is 0 Å². The molecule has 0 N–H and O–H groups in total. The van der Waals surface area contributed by atoms with Gasteiger partial charge in [0.05, 0.1) is 5.57 Å². The van der Waals surface area contributed by atoms with Gasteiger partial charge in [-0.25, -0.2) is 3.15 Å². The maximum Gasteiger partial charge on any atom is 0.417 e. The molecule has 0 aromatic heterocycles. The van der Waals surface area contributed by atoms with E-state index in [1.165, 1.54) is 4.08 Å². The van der Waals surface area contributed by atoms with E-state index in [-0.39, 0.29) is 0 Å². The van der Waals surface area contributed by atoms with Gasteiger partial charge in [-0.2, -0.15) is 13.2 Å². The van der Waals surface area contributed by atoms with E-state index in [2.05, 4.69) is 3.15 Å². The standard InChI is InChI=1S/C5H3F3IN/c6-5(7,8)4-1-2-9-10-3-4/h1-3H. The molecule has 0 aromatic carbocycles. The molecular formula is C5H3F3IN. The highest BCUT2D eigenvalue weighted by atomic mass is 127. The van der Waals surface area contributed by atoms with Crippen LogP contribution in [0.15, 0.2) is 25.1 Å². The summed E-state index contributed by atoms with van der Waals surface area (Å²) in [5.41, 5.74) is -0.654. The van der Waals surface area contributed by atoms with Gasteiger partial charge in [-0.3, -0.25) is 0 Å². The Bertz CT molecular complexity index is 213. The third-order valence-electron chi connectivity index (χ3n) is 0.870. The molecule has 0 aliphatic carbocycles. The van der Waals surface area contributed by atoms with Crippen LogP contribution in [0, 0.1) is 0 Å². The van der Waals surface area contributed by atoms with Crippen LogP contribution in [-0.2, 0) is 0 Å².